The predicted octanol–water partition coefficient (Wildman–Crippen LogP) is 3.11. The molecule has 0 atom stereocenters. The highest BCUT2D eigenvalue weighted by Crippen LogP contribution is 2.31. The normalized spacial score (nSPS) is 10.6. The quantitative estimate of drug-likeness (QED) is 0.552. The van der Waals surface area contributed by atoms with Crippen molar-refractivity contribution < 1.29 is 9.18 Å². The maximum Gasteiger partial charge on any atom is 0.280 e. The minimum absolute atomic E-state index is 0.277. The number of guanidine groups is 1. The van der Waals surface area contributed by atoms with Crippen molar-refractivity contribution in [1.82, 2.24) is 4.98 Å². The van der Waals surface area contributed by atoms with E-state index in [2.05, 4.69) is 9.98 Å². The minimum atomic E-state index is -0.580. The molecule has 0 radical (unpaired) electrons. The van der Waals surface area contributed by atoms with Crippen LogP contribution in [0.3, 0.4) is 0 Å². The largest absolute Gasteiger partial charge is 0.370 e. The molecule has 7 heteroatoms. The Hall–Kier alpha value is -2.99. The number of carbonyl (C=O) groups excluding carboxylic acids is 1. The summed E-state index contributed by atoms with van der Waals surface area (Å²) < 4.78 is 14.3. The van der Waals surface area contributed by atoms with Gasteiger partial charge in [-0.25, -0.2) is 4.39 Å². The molecule has 0 aliphatic heterocycles. The van der Waals surface area contributed by atoms with E-state index >= 15 is 0 Å². The second-order valence-electron chi connectivity index (χ2n) is 5.06. The highest BCUT2D eigenvalue weighted by molar-refractivity contribution is 6.30. The number of nitrogens with zero attached hydrogens (tertiary/aromatic N) is 2. The van der Waals surface area contributed by atoms with Gasteiger partial charge in [0.05, 0.1) is 5.52 Å². The van der Waals surface area contributed by atoms with Gasteiger partial charge in [0, 0.05) is 27.7 Å². The Kier molecular flexibility index (Phi) is 4.14. The second kappa shape index (κ2) is 6.25. The molecule has 0 bridgehead atoms. The predicted molar refractivity (Wildman–Crippen MR) is 92.3 cm³/mol. The monoisotopic (exact) mass is 342 g/mol. The van der Waals surface area contributed by atoms with E-state index in [1.807, 2.05) is 0 Å². The summed E-state index contributed by atoms with van der Waals surface area (Å²) in [5.74, 6) is -1.37. The van der Waals surface area contributed by atoms with Gasteiger partial charge in [0.15, 0.2) is 5.96 Å². The first-order chi connectivity index (χ1) is 11.5. The fourth-order valence-corrected chi connectivity index (χ4v) is 2.56. The number of amides is 1. The van der Waals surface area contributed by atoms with Crippen LogP contribution in [0.5, 0.6) is 0 Å². The number of hydrogen-bond acceptors (Lipinski definition) is 2. The summed E-state index contributed by atoms with van der Waals surface area (Å²) >= 11 is 5.80. The van der Waals surface area contributed by atoms with Crippen molar-refractivity contribution in [3.8, 4) is 11.1 Å². The van der Waals surface area contributed by atoms with Gasteiger partial charge in [-0.15, -0.1) is 0 Å². The maximum absolute atomic E-state index is 14.3. The number of fused-ring (bicyclic) bond motifs is 1. The van der Waals surface area contributed by atoms with Crippen molar-refractivity contribution in [1.29, 1.82) is 0 Å². The summed E-state index contributed by atoms with van der Waals surface area (Å²) in [7, 11) is 0. The van der Waals surface area contributed by atoms with Gasteiger partial charge in [-0.3, -0.25) is 9.78 Å². The Morgan fingerprint density at radius 3 is 2.58 bits per heavy atom. The van der Waals surface area contributed by atoms with E-state index in [0.29, 0.717) is 27.1 Å². The summed E-state index contributed by atoms with van der Waals surface area (Å²) in [6.07, 6.45) is 1.57. The molecule has 0 spiro atoms. The number of nitrogens with two attached hydrogens (primary N) is 2. The molecule has 0 saturated carbocycles. The Bertz CT molecular complexity index is 983. The number of pyridine rings is 1. The van der Waals surface area contributed by atoms with Gasteiger partial charge < -0.3 is 11.5 Å². The number of halogens is 2. The lowest BCUT2D eigenvalue weighted by atomic mass is 9.99. The lowest BCUT2D eigenvalue weighted by molar-refractivity contribution is 0.100. The van der Waals surface area contributed by atoms with Crippen molar-refractivity contribution in [3.05, 3.63) is 65.1 Å². The standard InChI is InChI=1S/C17H12ClFN4O/c18-10-2-3-12(14(19)8-10)11-5-6-22-15-4-1-9(7-13(11)15)16(24)23-17(20)21/h1-8H,(H4,20,21,23,24). The smallest absolute Gasteiger partial charge is 0.280 e. The average molecular weight is 343 g/mol. The first kappa shape index (κ1) is 15.9. The molecule has 1 amide bonds. The minimum Gasteiger partial charge on any atom is -0.370 e. The van der Waals surface area contributed by atoms with E-state index in [9.17, 15) is 9.18 Å². The highest BCUT2D eigenvalue weighted by Gasteiger charge is 2.12. The third kappa shape index (κ3) is 3.04. The van der Waals surface area contributed by atoms with Crippen LogP contribution in [0.15, 0.2) is 53.7 Å². The molecule has 0 aliphatic rings. The van der Waals surface area contributed by atoms with Crippen LogP contribution in [0.2, 0.25) is 5.02 Å². The topological polar surface area (TPSA) is 94.4 Å². The molecule has 120 valence electrons. The zero-order chi connectivity index (χ0) is 17.3. The van der Waals surface area contributed by atoms with Crippen molar-refractivity contribution >= 4 is 34.4 Å². The van der Waals surface area contributed by atoms with Gasteiger partial charge >= 0.3 is 0 Å². The van der Waals surface area contributed by atoms with Crippen LogP contribution in [-0.4, -0.2) is 16.9 Å². The number of aliphatic imine (C=N–C) groups is 1. The van der Waals surface area contributed by atoms with Crippen LogP contribution >= 0.6 is 11.6 Å². The van der Waals surface area contributed by atoms with E-state index < -0.39 is 11.7 Å². The van der Waals surface area contributed by atoms with Gasteiger partial charge in [0.25, 0.3) is 5.91 Å². The van der Waals surface area contributed by atoms with Gasteiger partial charge in [-0.2, -0.15) is 4.99 Å². The molecule has 5 nitrogen and oxygen atoms in total. The summed E-state index contributed by atoms with van der Waals surface area (Å²) in [6.45, 7) is 0. The third-order valence-corrected chi connectivity index (χ3v) is 3.68. The average Bonchev–Trinajstić information content (AvgIpc) is 2.53. The first-order valence-electron chi connectivity index (χ1n) is 6.94. The molecular formula is C17H12ClFN4O. The Labute approximate surface area is 141 Å². The molecule has 3 rings (SSSR count). The molecule has 1 aromatic heterocycles. The van der Waals surface area contributed by atoms with Crippen molar-refractivity contribution in [3.63, 3.8) is 0 Å². The van der Waals surface area contributed by atoms with Crippen LogP contribution < -0.4 is 11.5 Å². The SMILES string of the molecule is NC(N)=NC(=O)c1ccc2nccc(-c3ccc(Cl)cc3F)c2c1. The molecule has 2 aromatic carbocycles. The summed E-state index contributed by atoms with van der Waals surface area (Å²) in [5, 5.41) is 0.911. The summed E-state index contributed by atoms with van der Waals surface area (Å²) in [5.41, 5.74) is 12.3. The summed E-state index contributed by atoms with van der Waals surface area (Å²) in [6, 6.07) is 10.9. The van der Waals surface area contributed by atoms with Gasteiger partial charge in [-0.1, -0.05) is 11.6 Å². The highest BCUT2D eigenvalue weighted by atomic mass is 35.5. The van der Waals surface area contributed by atoms with E-state index in [0.717, 1.165) is 0 Å². The van der Waals surface area contributed by atoms with Crippen molar-refractivity contribution in [2.24, 2.45) is 16.5 Å². The number of rotatable bonds is 2. The van der Waals surface area contributed by atoms with E-state index in [1.165, 1.54) is 6.07 Å². The zero-order valence-corrected chi connectivity index (χ0v) is 13.1. The molecule has 0 unspecified atom stereocenters. The van der Waals surface area contributed by atoms with Gasteiger partial charge in [-0.05, 0) is 48.0 Å². The number of carbonyl (C=O) groups is 1. The van der Waals surface area contributed by atoms with Gasteiger partial charge in [0.2, 0.25) is 0 Å². The van der Waals surface area contributed by atoms with Crippen LogP contribution in [-0.2, 0) is 0 Å². The first-order valence-corrected chi connectivity index (χ1v) is 7.31. The van der Waals surface area contributed by atoms with Gasteiger partial charge in [0.1, 0.15) is 5.82 Å². The molecule has 0 fully saturated rings. The second-order valence-corrected chi connectivity index (χ2v) is 5.49. The lowest BCUT2D eigenvalue weighted by Gasteiger charge is -2.09. The molecule has 1 heterocycles. The Morgan fingerprint density at radius 2 is 1.88 bits per heavy atom. The van der Waals surface area contributed by atoms with E-state index in [-0.39, 0.29) is 11.5 Å². The lowest BCUT2D eigenvalue weighted by Crippen LogP contribution is -2.24. The molecule has 0 saturated heterocycles. The molecule has 0 aliphatic carbocycles. The van der Waals surface area contributed by atoms with E-state index in [4.69, 9.17) is 23.1 Å². The molecule has 4 N–H and O–H groups in total. The fourth-order valence-electron chi connectivity index (χ4n) is 2.40. The Balaban J connectivity index is 2.22. The number of hydrogen-bond donors (Lipinski definition) is 2. The van der Waals surface area contributed by atoms with Crippen LogP contribution in [0, 0.1) is 5.82 Å². The third-order valence-electron chi connectivity index (χ3n) is 3.44. The number of aromatic nitrogens is 1. The van der Waals surface area contributed by atoms with Crippen molar-refractivity contribution in [2.45, 2.75) is 0 Å². The molecule has 24 heavy (non-hydrogen) atoms. The molecule has 3 aromatic rings. The number of benzene rings is 2. The molecular weight excluding hydrogens is 331 g/mol. The zero-order valence-electron chi connectivity index (χ0n) is 12.3. The summed E-state index contributed by atoms with van der Waals surface area (Å²) in [4.78, 5) is 19.7. The van der Waals surface area contributed by atoms with E-state index in [1.54, 1.807) is 42.6 Å². The fraction of sp³-hybridized carbons (Fsp3) is 0. The van der Waals surface area contributed by atoms with Crippen LogP contribution in [0.4, 0.5) is 4.39 Å². The van der Waals surface area contributed by atoms with Crippen LogP contribution in [0.25, 0.3) is 22.0 Å². The Morgan fingerprint density at radius 1 is 1.08 bits per heavy atom. The van der Waals surface area contributed by atoms with Crippen LogP contribution in [0.1, 0.15) is 10.4 Å². The maximum atomic E-state index is 14.3. The van der Waals surface area contributed by atoms with Crippen molar-refractivity contribution in [2.75, 3.05) is 0 Å².